The molecule has 0 saturated carbocycles. The molecule has 6 heteroatoms. The van der Waals surface area contributed by atoms with Crippen LogP contribution in [0.15, 0.2) is 10.6 Å². The van der Waals surface area contributed by atoms with Crippen molar-refractivity contribution in [1.82, 2.24) is 9.88 Å². The summed E-state index contributed by atoms with van der Waals surface area (Å²) in [5.74, 6) is 1.07. The SMILES string of the molecule is CC(C)(C)c1cnc(CCC(=O)N2CCCC(CCC(=O)O)C2)o1. The van der Waals surface area contributed by atoms with Gasteiger partial charge < -0.3 is 14.4 Å². The van der Waals surface area contributed by atoms with Crippen molar-refractivity contribution in [1.29, 1.82) is 0 Å². The van der Waals surface area contributed by atoms with Gasteiger partial charge in [-0.15, -0.1) is 0 Å². The molecule has 0 spiro atoms. The lowest BCUT2D eigenvalue weighted by atomic mass is 9.93. The highest BCUT2D eigenvalue weighted by atomic mass is 16.4. The Hall–Kier alpha value is -1.85. The Morgan fingerprint density at radius 2 is 2.12 bits per heavy atom. The molecular weight excluding hydrogens is 308 g/mol. The smallest absolute Gasteiger partial charge is 0.303 e. The number of hydrogen-bond acceptors (Lipinski definition) is 4. The zero-order valence-corrected chi connectivity index (χ0v) is 14.9. The lowest BCUT2D eigenvalue weighted by Crippen LogP contribution is -2.40. The van der Waals surface area contributed by atoms with E-state index in [0.717, 1.165) is 25.1 Å². The van der Waals surface area contributed by atoms with E-state index in [9.17, 15) is 9.59 Å². The summed E-state index contributed by atoms with van der Waals surface area (Å²) in [7, 11) is 0. The Bertz CT molecular complexity index is 574. The van der Waals surface area contributed by atoms with E-state index in [1.54, 1.807) is 6.20 Å². The Morgan fingerprint density at radius 1 is 1.38 bits per heavy atom. The maximum Gasteiger partial charge on any atom is 0.303 e. The number of carboxylic acids is 1. The van der Waals surface area contributed by atoms with Crippen molar-refractivity contribution in [2.75, 3.05) is 13.1 Å². The molecule has 1 aromatic heterocycles. The van der Waals surface area contributed by atoms with Gasteiger partial charge in [-0.1, -0.05) is 20.8 Å². The summed E-state index contributed by atoms with van der Waals surface area (Å²) in [6, 6.07) is 0. The maximum absolute atomic E-state index is 12.4. The van der Waals surface area contributed by atoms with Crippen molar-refractivity contribution >= 4 is 11.9 Å². The molecule has 1 amide bonds. The van der Waals surface area contributed by atoms with Crippen molar-refractivity contribution < 1.29 is 19.1 Å². The standard InChI is InChI=1S/C18H28N2O4/c1-18(2,3)14-11-19-15(24-14)7-8-16(21)20-10-4-5-13(12-20)6-9-17(22)23/h11,13H,4-10,12H2,1-3H3,(H,22,23). The number of oxazole rings is 1. The number of amides is 1. The van der Waals surface area contributed by atoms with Crippen molar-refractivity contribution in [3.05, 3.63) is 17.8 Å². The summed E-state index contributed by atoms with van der Waals surface area (Å²) in [6.07, 6.45) is 5.41. The molecule has 0 aliphatic carbocycles. The van der Waals surface area contributed by atoms with Crippen LogP contribution in [0.3, 0.4) is 0 Å². The van der Waals surface area contributed by atoms with Gasteiger partial charge in [-0.3, -0.25) is 9.59 Å². The summed E-state index contributed by atoms with van der Waals surface area (Å²) in [5, 5.41) is 8.79. The van der Waals surface area contributed by atoms with Crippen LogP contribution in [-0.4, -0.2) is 40.0 Å². The average molecular weight is 336 g/mol. The largest absolute Gasteiger partial charge is 0.481 e. The fraction of sp³-hybridized carbons (Fsp3) is 0.722. The second-order valence-electron chi connectivity index (χ2n) is 7.65. The molecule has 1 N–H and O–H groups in total. The van der Waals surface area contributed by atoms with Crippen LogP contribution >= 0.6 is 0 Å². The van der Waals surface area contributed by atoms with E-state index in [1.807, 2.05) is 4.90 Å². The summed E-state index contributed by atoms with van der Waals surface area (Å²) < 4.78 is 5.72. The summed E-state index contributed by atoms with van der Waals surface area (Å²) in [4.78, 5) is 29.2. The third-order valence-corrected chi connectivity index (χ3v) is 4.48. The zero-order chi connectivity index (χ0) is 17.7. The minimum atomic E-state index is -0.767. The Balaban J connectivity index is 1.81. The van der Waals surface area contributed by atoms with Gasteiger partial charge in [-0.25, -0.2) is 4.98 Å². The first-order chi connectivity index (χ1) is 11.3. The van der Waals surface area contributed by atoms with Crippen molar-refractivity contribution in [2.24, 2.45) is 5.92 Å². The molecule has 0 radical (unpaired) electrons. The number of rotatable bonds is 6. The van der Waals surface area contributed by atoms with E-state index >= 15 is 0 Å². The average Bonchev–Trinajstić information content (AvgIpc) is 3.00. The molecule has 1 fully saturated rings. The third-order valence-electron chi connectivity index (χ3n) is 4.48. The normalized spacial score (nSPS) is 18.6. The van der Waals surface area contributed by atoms with Gasteiger partial charge >= 0.3 is 5.97 Å². The number of aliphatic carboxylic acids is 1. The van der Waals surface area contributed by atoms with Crippen LogP contribution in [0.2, 0.25) is 0 Å². The summed E-state index contributed by atoms with van der Waals surface area (Å²) >= 11 is 0. The van der Waals surface area contributed by atoms with Crippen LogP contribution in [0.4, 0.5) is 0 Å². The molecule has 1 aliphatic heterocycles. The highest BCUT2D eigenvalue weighted by Crippen LogP contribution is 2.24. The first-order valence-corrected chi connectivity index (χ1v) is 8.70. The fourth-order valence-corrected chi connectivity index (χ4v) is 3.00. The molecule has 0 aromatic carbocycles. The summed E-state index contributed by atoms with van der Waals surface area (Å²) in [6.45, 7) is 7.63. The number of carbonyl (C=O) groups excluding carboxylic acids is 1. The number of piperidine rings is 1. The van der Waals surface area contributed by atoms with Gasteiger partial charge in [0, 0.05) is 37.8 Å². The van der Waals surface area contributed by atoms with Gasteiger partial charge in [0.2, 0.25) is 5.91 Å². The van der Waals surface area contributed by atoms with E-state index in [0.29, 0.717) is 37.6 Å². The number of aryl methyl sites for hydroxylation is 1. The maximum atomic E-state index is 12.4. The minimum absolute atomic E-state index is 0.0838. The van der Waals surface area contributed by atoms with E-state index < -0.39 is 5.97 Å². The van der Waals surface area contributed by atoms with E-state index in [1.165, 1.54) is 0 Å². The molecule has 1 saturated heterocycles. The monoisotopic (exact) mass is 336 g/mol. The van der Waals surface area contributed by atoms with E-state index in [-0.39, 0.29) is 17.7 Å². The molecule has 1 unspecified atom stereocenters. The molecule has 1 aliphatic rings. The van der Waals surface area contributed by atoms with Gasteiger partial charge in [-0.05, 0) is 25.2 Å². The van der Waals surface area contributed by atoms with Crippen LogP contribution in [0.1, 0.15) is 64.5 Å². The Morgan fingerprint density at radius 3 is 2.75 bits per heavy atom. The molecule has 1 aromatic rings. The second kappa shape index (κ2) is 7.81. The van der Waals surface area contributed by atoms with Crippen molar-refractivity contribution in [3.63, 3.8) is 0 Å². The highest BCUT2D eigenvalue weighted by molar-refractivity contribution is 5.76. The molecular formula is C18H28N2O4. The minimum Gasteiger partial charge on any atom is -0.481 e. The van der Waals surface area contributed by atoms with Crippen molar-refractivity contribution in [2.45, 2.75) is 64.7 Å². The molecule has 2 rings (SSSR count). The zero-order valence-electron chi connectivity index (χ0n) is 14.9. The van der Waals surface area contributed by atoms with Gasteiger partial charge in [0.05, 0.1) is 6.20 Å². The summed E-state index contributed by atoms with van der Waals surface area (Å²) in [5.41, 5.74) is -0.0838. The Labute approximate surface area is 143 Å². The first kappa shape index (κ1) is 18.5. The van der Waals surface area contributed by atoms with Crippen LogP contribution in [0.5, 0.6) is 0 Å². The number of carbonyl (C=O) groups is 2. The number of hydrogen-bond donors (Lipinski definition) is 1. The molecule has 24 heavy (non-hydrogen) atoms. The molecule has 1 atom stereocenters. The number of carboxylic acid groups (broad SMARTS) is 1. The highest BCUT2D eigenvalue weighted by Gasteiger charge is 2.24. The van der Waals surface area contributed by atoms with Gasteiger partial charge in [0.15, 0.2) is 5.89 Å². The lowest BCUT2D eigenvalue weighted by Gasteiger charge is -2.32. The Kier molecular flexibility index (Phi) is 6.02. The number of likely N-dealkylation sites (tertiary alicyclic amines) is 1. The molecule has 134 valence electrons. The number of aromatic nitrogens is 1. The van der Waals surface area contributed by atoms with Crippen LogP contribution in [-0.2, 0) is 21.4 Å². The fourth-order valence-electron chi connectivity index (χ4n) is 3.00. The predicted octanol–water partition coefficient (Wildman–Crippen LogP) is 3.01. The van der Waals surface area contributed by atoms with E-state index in [4.69, 9.17) is 9.52 Å². The van der Waals surface area contributed by atoms with Gasteiger partial charge in [-0.2, -0.15) is 0 Å². The van der Waals surface area contributed by atoms with Crippen molar-refractivity contribution in [3.8, 4) is 0 Å². The first-order valence-electron chi connectivity index (χ1n) is 8.70. The topological polar surface area (TPSA) is 83.6 Å². The molecule has 2 heterocycles. The van der Waals surface area contributed by atoms with Crippen LogP contribution in [0.25, 0.3) is 0 Å². The quantitative estimate of drug-likeness (QED) is 0.863. The predicted molar refractivity (Wildman–Crippen MR) is 89.7 cm³/mol. The lowest BCUT2D eigenvalue weighted by molar-refractivity contribution is -0.137. The number of nitrogens with zero attached hydrogens (tertiary/aromatic N) is 2. The van der Waals surface area contributed by atoms with Gasteiger partial charge in [0.1, 0.15) is 5.76 Å². The molecule has 6 nitrogen and oxygen atoms in total. The van der Waals surface area contributed by atoms with Gasteiger partial charge in [0.25, 0.3) is 0 Å². The van der Waals surface area contributed by atoms with Crippen LogP contribution < -0.4 is 0 Å². The third kappa shape index (κ3) is 5.35. The van der Waals surface area contributed by atoms with E-state index in [2.05, 4.69) is 25.8 Å². The molecule has 0 bridgehead atoms. The van der Waals surface area contributed by atoms with Crippen LogP contribution in [0, 0.1) is 5.92 Å². The second-order valence-corrected chi connectivity index (χ2v) is 7.65.